The van der Waals surface area contributed by atoms with Crippen LogP contribution < -0.4 is 10.2 Å². The summed E-state index contributed by atoms with van der Waals surface area (Å²) in [5.74, 6) is 1.71. The van der Waals surface area contributed by atoms with Crippen molar-refractivity contribution in [2.75, 3.05) is 36.4 Å². The van der Waals surface area contributed by atoms with Crippen LogP contribution in [0.25, 0.3) is 0 Å². The van der Waals surface area contributed by atoms with Gasteiger partial charge in [-0.15, -0.1) is 0 Å². The Balaban J connectivity index is 1.67. The summed E-state index contributed by atoms with van der Waals surface area (Å²) in [6, 6.07) is 12.4. The third-order valence-corrected chi connectivity index (χ3v) is 4.10. The summed E-state index contributed by atoms with van der Waals surface area (Å²) < 4.78 is 0. The third kappa shape index (κ3) is 3.77. The lowest BCUT2D eigenvalue weighted by molar-refractivity contribution is -0.118. The van der Waals surface area contributed by atoms with Crippen molar-refractivity contribution in [2.45, 2.75) is 13.0 Å². The molecule has 1 unspecified atom stereocenters. The zero-order valence-electron chi connectivity index (χ0n) is 13.2. The summed E-state index contributed by atoms with van der Waals surface area (Å²) in [5, 5.41) is 3.41. The predicted molar refractivity (Wildman–Crippen MR) is 90.4 cm³/mol. The van der Waals surface area contributed by atoms with Crippen LogP contribution in [0.1, 0.15) is 18.5 Å². The largest absolute Gasteiger partial charge is 0.363 e. The van der Waals surface area contributed by atoms with Crippen molar-refractivity contribution in [1.29, 1.82) is 0 Å². The van der Waals surface area contributed by atoms with Crippen LogP contribution in [0.3, 0.4) is 0 Å². The molecule has 2 aromatic rings. The van der Waals surface area contributed by atoms with E-state index >= 15 is 0 Å². The van der Waals surface area contributed by atoms with Gasteiger partial charge in [0, 0.05) is 38.3 Å². The van der Waals surface area contributed by atoms with E-state index in [9.17, 15) is 4.79 Å². The quantitative estimate of drug-likeness (QED) is 0.855. The maximum Gasteiger partial charge on any atom is 0.209 e. The van der Waals surface area contributed by atoms with Crippen LogP contribution in [0, 0.1) is 0 Å². The molecule has 1 N–H and O–H groups in total. The van der Waals surface area contributed by atoms with Crippen molar-refractivity contribution in [3.63, 3.8) is 0 Å². The van der Waals surface area contributed by atoms with Crippen molar-refractivity contribution in [3.8, 4) is 0 Å². The molecule has 1 saturated heterocycles. The van der Waals surface area contributed by atoms with Gasteiger partial charge in [-0.3, -0.25) is 4.79 Å². The lowest BCUT2D eigenvalue weighted by Crippen LogP contribution is -2.46. The number of benzene rings is 1. The molecule has 2 heterocycles. The van der Waals surface area contributed by atoms with Gasteiger partial charge >= 0.3 is 0 Å². The van der Waals surface area contributed by atoms with Gasteiger partial charge < -0.3 is 15.1 Å². The van der Waals surface area contributed by atoms with Crippen LogP contribution >= 0.6 is 0 Å². The molecule has 1 aromatic carbocycles. The van der Waals surface area contributed by atoms with Crippen molar-refractivity contribution in [3.05, 3.63) is 48.3 Å². The lowest BCUT2D eigenvalue weighted by Gasteiger charge is -2.33. The fourth-order valence-electron chi connectivity index (χ4n) is 2.70. The van der Waals surface area contributed by atoms with Crippen molar-refractivity contribution in [1.82, 2.24) is 14.9 Å². The molecule has 120 valence electrons. The standard InChI is InChI=1S/C17H21N5O/c1-14(15-5-3-2-4-6-15)20-16-11-17(19-12-18-16)22-9-7-21(13-23)8-10-22/h2-6,11-14H,7-10H2,1H3,(H,18,19,20). The van der Waals surface area contributed by atoms with Gasteiger partial charge in [-0.1, -0.05) is 30.3 Å². The molecule has 3 rings (SSSR count). The van der Waals surface area contributed by atoms with Gasteiger partial charge in [-0.25, -0.2) is 9.97 Å². The highest BCUT2D eigenvalue weighted by atomic mass is 16.1. The van der Waals surface area contributed by atoms with Gasteiger partial charge in [0.15, 0.2) is 0 Å². The molecule has 0 spiro atoms. The van der Waals surface area contributed by atoms with Crippen molar-refractivity contribution in [2.24, 2.45) is 0 Å². The summed E-state index contributed by atoms with van der Waals surface area (Å²) in [5.41, 5.74) is 1.22. The summed E-state index contributed by atoms with van der Waals surface area (Å²) in [6.07, 6.45) is 2.49. The van der Waals surface area contributed by atoms with Crippen LogP contribution in [0.4, 0.5) is 11.6 Å². The molecule has 1 atom stereocenters. The molecule has 0 radical (unpaired) electrons. The Morgan fingerprint density at radius 2 is 1.87 bits per heavy atom. The van der Waals surface area contributed by atoms with Gasteiger partial charge in [-0.05, 0) is 12.5 Å². The number of nitrogens with one attached hydrogen (secondary N) is 1. The Hall–Kier alpha value is -2.63. The maximum atomic E-state index is 10.8. The average Bonchev–Trinajstić information content (AvgIpc) is 2.63. The van der Waals surface area contributed by atoms with Crippen LogP contribution in [-0.2, 0) is 4.79 Å². The first-order valence-electron chi connectivity index (χ1n) is 7.84. The van der Waals surface area contributed by atoms with E-state index in [1.807, 2.05) is 24.3 Å². The molecule has 1 aromatic heterocycles. The van der Waals surface area contributed by atoms with Gasteiger partial charge in [0.2, 0.25) is 6.41 Å². The fraction of sp³-hybridized carbons (Fsp3) is 0.353. The van der Waals surface area contributed by atoms with Gasteiger partial charge in [0.1, 0.15) is 18.0 Å². The Morgan fingerprint density at radius 3 is 2.57 bits per heavy atom. The summed E-state index contributed by atoms with van der Waals surface area (Å²) >= 11 is 0. The van der Waals surface area contributed by atoms with Gasteiger partial charge in [-0.2, -0.15) is 0 Å². The monoisotopic (exact) mass is 311 g/mol. The number of nitrogens with zero attached hydrogens (tertiary/aromatic N) is 4. The highest BCUT2D eigenvalue weighted by Crippen LogP contribution is 2.20. The molecule has 0 bridgehead atoms. The minimum absolute atomic E-state index is 0.172. The Labute approximate surface area is 136 Å². The van der Waals surface area contributed by atoms with E-state index < -0.39 is 0 Å². The highest BCUT2D eigenvalue weighted by molar-refractivity contribution is 5.52. The second-order valence-corrected chi connectivity index (χ2v) is 5.67. The van der Waals surface area contributed by atoms with E-state index in [0.717, 1.165) is 44.2 Å². The van der Waals surface area contributed by atoms with Crippen LogP contribution in [0.5, 0.6) is 0 Å². The number of anilines is 2. The third-order valence-electron chi connectivity index (χ3n) is 4.10. The van der Waals surface area contributed by atoms with Crippen LogP contribution in [0.2, 0.25) is 0 Å². The highest BCUT2D eigenvalue weighted by Gasteiger charge is 2.17. The van der Waals surface area contributed by atoms with E-state index in [1.165, 1.54) is 5.56 Å². The molecule has 1 fully saturated rings. The summed E-state index contributed by atoms with van der Waals surface area (Å²) in [6.45, 7) is 5.17. The second kappa shape index (κ2) is 7.09. The Bertz CT molecular complexity index is 640. The van der Waals surface area contributed by atoms with Gasteiger partial charge in [0.05, 0.1) is 0 Å². The molecule has 6 nitrogen and oxygen atoms in total. The Morgan fingerprint density at radius 1 is 1.13 bits per heavy atom. The average molecular weight is 311 g/mol. The first kappa shape index (κ1) is 15.3. The minimum atomic E-state index is 0.172. The molecular formula is C17H21N5O. The fourth-order valence-corrected chi connectivity index (χ4v) is 2.70. The first-order chi connectivity index (χ1) is 11.3. The van der Waals surface area contributed by atoms with Crippen LogP contribution in [-0.4, -0.2) is 47.5 Å². The first-order valence-corrected chi connectivity index (χ1v) is 7.84. The molecule has 1 aliphatic heterocycles. The minimum Gasteiger partial charge on any atom is -0.363 e. The second-order valence-electron chi connectivity index (χ2n) is 5.67. The van der Waals surface area contributed by atoms with E-state index in [-0.39, 0.29) is 6.04 Å². The number of rotatable bonds is 5. The molecule has 1 aliphatic rings. The topological polar surface area (TPSA) is 61.4 Å². The molecule has 1 amide bonds. The van der Waals surface area contributed by atoms with E-state index in [0.29, 0.717) is 0 Å². The van der Waals surface area contributed by atoms with E-state index in [4.69, 9.17) is 0 Å². The smallest absolute Gasteiger partial charge is 0.209 e. The SMILES string of the molecule is CC(Nc1cc(N2CCN(C=O)CC2)ncn1)c1ccccc1. The molecule has 0 saturated carbocycles. The lowest BCUT2D eigenvalue weighted by atomic mass is 10.1. The van der Waals surface area contributed by atoms with Gasteiger partial charge in [0.25, 0.3) is 0 Å². The van der Waals surface area contributed by atoms with E-state index in [2.05, 4.69) is 39.2 Å². The normalized spacial score (nSPS) is 16.0. The molecule has 0 aliphatic carbocycles. The summed E-state index contributed by atoms with van der Waals surface area (Å²) in [7, 11) is 0. The number of piperazine rings is 1. The van der Waals surface area contributed by atoms with E-state index in [1.54, 1.807) is 11.2 Å². The Kier molecular flexibility index (Phi) is 4.71. The predicted octanol–water partition coefficient (Wildman–Crippen LogP) is 1.93. The zero-order valence-corrected chi connectivity index (χ0v) is 13.2. The maximum absolute atomic E-state index is 10.8. The zero-order chi connectivity index (χ0) is 16.1. The number of carbonyl (C=O) groups is 1. The molecular weight excluding hydrogens is 290 g/mol. The number of amides is 1. The van der Waals surface area contributed by atoms with Crippen molar-refractivity contribution >= 4 is 18.0 Å². The number of aromatic nitrogens is 2. The number of carbonyl (C=O) groups excluding carboxylic acids is 1. The van der Waals surface area contributed by atoms with Crippen LogP contribution in [0.15, 0.2) is 42.7 Å². The molecule has 23 heavy (non-hydrogen) atoms. The van der Waals surface area contributed by atoms with Crippen molar-refractivity contribution < 1.29 is 4.79 Å². The summed E-state index contributed by atoms with van der Waals surface area (Å²) in [4.78, 5) is 23.4. The molecule has 6 heteroatoms. The number of hydrogen-bond donors (Lipinski definition) is 1. The number of hydrogen-bond acceptors (Lipinski definition) is 5.